The monoisotopic (exact) mass is 639 g/mol. The van der Waals surface area contributed by atoms with E-state index in [1.165, 1.54) is 13.4 Å². The number of carbonyl (C=O) groups excluding carboxylic acids is 3. The standard InChI is InChI=1S/C35H37N5O7/c1-44-28-12-8-22-9-13-31(41)36-18-24-10-11-25(17-29(24)45-2)47-27-14-15-40(19-26(27)39-32(42)20-46-30(28)16-22)35(43)34-33(37-21-38-34)23-6-4-3-5-7-23/h3-8,10-12,16-17,21,26-27H,9,13-15,18-20H2,1-2H3,(H,36,41)(H,37,38)(H,39,42)/t26-,27+/m1/s1. The summed E-state index contributed by atoms with van der Waals surface area (Å²) in [6, 6.07) is 19.8. The molecule has 0 saturated carbocycles. The average Bonchev–Trinajstić information content (AvgIpc) is 3.60. The summed E-state index contributed by atoms with van der Waals surface area (Å²) in [6.45, 7) is 0.586. The van der Waals surface area contributed by atoms with Crippen molar-refractivity contribution in [3.05, 3.63) is 89.9 Å². The lowest BCUT2D eigenvalue weighted by Gasteiger charge is -2.38. The Hall–Kier alpha value is -5.52. The van der Waals surface area contributed by atoms with Crippen LogP contribution in [0.5, 0.6) is 23.0 Å². The van der Waals surface area contributed by atoms with Crippen molar-refractivity contribution in [1.82, 2.24) is 25.5 Å². The van der Waals surface area contributed by atoms with E-state index in [0.29, 0.717) is 53.8 Å². The third-order valence-corrected chi connectivity index (χ3v) is 8.33. The Morgan fingerprint density at radius 1 is 0.957 bits per heavy atom. The lowest BCUT2D eigenvalue weighted by atomic mass is 10.0. The average molecular weight is 640 g/mol. The van der Waals surface area contributed by atoms with Crippen LogP contribution in [0.2, 0.25) is 0 Å². The van der Waals surface area contributed by atoms with Crippen molar-refractivity contribution in [2.75, 3.05) is 33.9 Å². The van der Waals surface area contributed by atoms with Gasteiger partial charge in [-0.1, -0.05) is 36.4 Å². The number of methoxy groups -OCH3 is 2. The van der Waals surface area contributed by atoms with Gasteiger partial charge in [0.05, 0.1) is 26.6 Å². The first-order valence-electron chi connectivity index (χ1n) is 15.5. The van der Waals surface area contributed by atoms with Crippen molar-refractivity contribution in [3.8, 4) is 34.3 Å². The number of amides is 3. The van der Waals surface area contributed by atoms with Gasteiger partial charge < -0.3 is 39.5 Å². The highest BCUT2D eigenvalue weighted by atomic mass is 16.5. The number of nitrogens with one attached hydrogen (secondary N) is 3. The van der Waals surface area contributed by atoms with Crippen LogP contribution in [0.1, 0.15) is 34.5 Å². The zero-order valence-electron chi connectivity index (χ0n) is 26.3. The number of hydrogen-bond donors (Lipinski definition) is 3. The van der Waals surface area contributed by atoms with Crippen LogP contribution >= 0.6 is 0 Å². The maximum absolute atomic E-state index is 13.8. The fraction of sp³-hybridized carbons (Fsp3) is 0.314. The van der Waals surface area contributed by atoms with Crippen molar-refractivity contribution < 1.29 is 33.3 Å². The lowest BCUT2D eigenvalue weighted by Crippen LogP contribution is -2.58. The van der Waals surface area contributed by atoms with Gasteiger partial charge in [0.15, 0.2) is 18.1 Å². The molecule has 12 nitrogen and oxygen atoms in total. The number of piperidine rings is 1. The third kappa shape index (κ3) is 7.32. The van der Waals surface area contributed by atoms with E-state index in [9.17, 15) is 14.4 Å². The Morgan fingerprint density at radius 3 is 2.60 bits per heavy atom. The molecular weight excluding hydrogens is 602 g/mol. The molecular formula is C35H37N5O7. The third-order valence-electron chi connectivity index (χ3n) is 8.33. The van der Waals surface area contributed by atoms with E-state index in [0.717, 1.165) is 16.7 Å². The minimum atomic E-state index is -0.563. The minimum absolute atomic E-state index is 0.113. The van der Waals surface area contributed by atoms with Crippen LogP contribution in [0.25, 0.3) is 11.3 Å². The first-order chi connectivity index (χ1) is 22.9. The van der Waals surface area contributed by atoms with E-state index in [2.05, 4.69) is 20.6 Å². The molecule has 244 valence electrons. The van der Waals surface area contributed by atoms with E-state index >= 15 is 0 Å². The van der Waals surface area contributed by atoms with Crippen LogP contribution < -0.4 is 29.6 Å². The SMILES string of the molecule is COc1cc2ccc1CNC(=O)CCc1ccc(OC)c(c1)OCC(=O)N[C@@H]1CN(C(=O)c3[nH]cnc3-c3ccccc3)CC[C@@H]1O2. The molecule has 3 aliphatic heterocycles. The predicted octanol–water partition coefficient (Wildman–Crippen LogP) is 3.51. The summed E-state index contributed by atoms with van der Waals surface area (Å²) < 4.78 is 23.4. The fourth-order valence-electron chi connectivity index (χ4n) is 5.87. The highest BCUT2D eigenvalue weighted by molar-refractivity contribution is 5.98. The molecule has 7 rings (SSSR count). The number of ether oxygens (including phenoxy) is 4. The molecule has 2 atom stereocenters. The first-order valence-corrected chi connectivity index (χ1v) is 15.5. The topological polar surface area (TPSA) is 144 Å². The van der Waals surface area contributed by atoms with Crippen LogP contribution in [0.4, 0.5) is 0 Å². The molecule has 3 aliphatic rings. The van der Waals surface area contributed by atoms with Crippen molar-refractivity contribution in [2.45, 2.75) is 38.0 Å². The number of carbonyl (C=O) groups is 3. The number of imidazole rings is 1. The van der Waals surface area contributed by atoms with Crippen LogP contribution in [-0.2, 0) is 22.6 Å². The summed E-state index contributed by atoms with van der Waals surface area (Å²) in [5, 5.41) is 6.00. The number of fused-ring (bicyclic) bond motifs is 9. The zero-order valence-corrected chi connectivity index (χ0v) is 26.3. The highest BCUT2D eigenvalue weighted by Gasteiger charge is 2.36. The molecule has 47 heavy (non-hydrogen) atoms. The number of benzene rings is 3. The summed E-state index contributed by atoms with van der Waals surface area (Å²) in [5.41, 5.74) is 3.42. The van der Waals surface area contributed by atoms with Crippen molar-refractivity contribution in [1.29, 1.82) is 0 Å². The van der Waals surface area contributed by atoms with Gasteiger partial charge in [-0.3, -0.25) is 14.4 Å². The van der Waals surface area contributed by atoms with Gasteiger partial charge >= 0.3 is 0 Å². The second-order valence-electron chi connectivity index (χ2n) is 11.4. The molecule has 3 aromatic carbocycles. The molecule has 0 spiro atoms. The van der Waals surface area contributed by atoms with Crippen LogP contribution in [0, 0.1) is 0 Å². The van der Waals surface area contributed by atoms with Gasteiger partial charge in [0.1, 0.15) is 29.0 Å². The van der Waals surface area contributed by atoms with E-state index in [1.54, 1.807) is 30.2 Å². The molecule has 3 N–H and O–H groups in total. The zero-order chi connectivity index (χ0) is 32.8. The predicted molar refractivity (Wildman–Crippen MR) is 173 cm³/mol. The van der Waals surface area contributed by atoms with E-state index in [-0.39, 0.29) is 43.8 Å². The molecule has 12 heteroatoms. The number of rotatable bonds is 4. The minimum Gasteiger partial charge on any atom is -0.496 e. The van der Waals surface area contributed by atoms with Gasteiger partial charge in [0, 0.05) is 49.7 Å². The van der Waals surface area contributed by atoms with Gasteiger partial charge in [-0.05, 0) is 36.2 Å². The molecule has 0 radical (unpaired) electrons. The number of likely N-dealkylation sites (tertiary alicyclic amines) is 1. The maximum Gasteiger partial charge on any atom is 0.272 e. The Bertz CT molecular complexity index is 1740. The second-order valence-corrected chi connectivity index (χ2v) is 11.4. The summed E-state index contributed by atoms with van der Waals surface area (Å²) in [7, 11) is 3.09. The molecule has 1 saturated heterocycles. The van der Waals surface area contributed by atoms with Gasteiger partial charge in [0.2, 0.25) is 5.91 Å². The largest absolute Gasteiger partial charge is 0.496 e. The van der Waals surface area contributed by atoms with Crippen molar-refractivity contribution in [2.24, 2.45) is 0 Å². The van der Waals surface area contributed by atoms with Gasteiger partial charge in [-0.15, -0.1) is 0 Å². The molecule has 0 unspecified atom stereocenters. The molecule has 4 aromatic rings. The Morgan fingerprint density at radius 2 is 1.79 bits per heavy atom. The highest BCUT2D eigenvalue weighted by Crippen LogP contribution is 2.30. The molecule has 4 bridgehead atoms. The summed E-state index contributed by atoms with van der Waals surface area (Å²) in [6.07, 6.45) is 2.23. The first kappa shape index (κ1) is 31.5. The van der Waals surface area contributed by atoms with E-state index in [1.807, 2.05) is 48.5 Å². The second kappa shape index (κ2) is 14.3. The van der Waals surface area contributed by atoms with Crippen LogP contribution in [-0.4, -0.2) is 78.7 Å². The molecule has 1 aromatic heterocycles. The van der Waals surface area contributed by atoms with Crippen LogP contribution in [0.15, 0.2) is 73.1 Å². The lowest BCUT2D eigenvalue weighted by molar-refractivity contribution is -0.125. The van der Waals surface area contributed by atoms with Gasteiger partial charge in [0.25, 0.3) is 11.8 Å². The molecule has 3 amide bonds. The van der Waals surface area contributed by atoms with E-state index in [4.69, 9.17) is 18.9 Å². The summed E-state index contributed by atoms with van der Waals surface area (Å²) in [4.78, 5) is 49.0. The smallest absolute Gasteiger partial charge is 0.272 e. The Balaban J connectivity index is 1.27. The van der Waals surface area contributed by atoms with Gasteiger partial charge in [-0.25, -0.2) is 4.98 Å². The number of nitrogens with zero attached hydrogens (tertiary/aromatic N) is 2. The van der Waals surface area contributed by atoms with Crippen LogP contribution in [0.3, 0.4) is 0 Å². The summed E-state index contributed by atoms with van der Waals surface area (Å²) >= 11 is 0. The fourth-order valence-corrected chi connectivity index (χ4v) is 5.87. The molecule has 0 aliphatic carbocycles. The number of H-pyrrole nitrogens is 1. The Kier molecular flexibility index (Phi) is 9.56. The molecule has 1 fully saturated rings. The van der Waals surface area contributed by atoms with Crippen molar-refractivity contribution >= 4 is 17.7 Å². The normalized spacial score (nSPS) is 18.6. The summed E-state index contributed by atoms with van der Waals surface area (Å²) in [5.74, 6) is 1.23. The van der Waals surface area contributed by atoms with Gasteiger partial charge in [-0.2, -0.15) is 0 Å². The number of aromatic nitrogens is 2. The Labute approximate surface area is 272 Å². The maximum atomic E-state index is 13.8. The number of aryl methyl sites for hydroxylation is 1. The van der Waals surface area contributed by atoms with E-state index < -0.39 is 12.1 Å². The molecule has 4 heterocycles. The quantitative estimate of drug-likeness (QED) is 0.308. The number of aromatic amines is 1. The number of hydrogen-bond acceptors (Lipinski definition) is 8. The van der Waals surface area contributed by atoms with Crippen molar-refractivity contribution in [3.63, 3.8) is 0 Å².